The number of aryl methyl sites for hydroxylation is 2. The van der Waals surface area contributed by atoms with E-state index in [-0.39, 0.29) is 5.91 Å². The fourth-order valence-electron chi connectivity index (χ4n) is 1.95. The number of nitrogens with one attached hydrogen (secondary N) is 1. The van der Waals surface area contributed by atoms with Gasteiger partial charge in [0.25, 0.3) is 5.91 Å². The predicted molar refractivity (Wildman–Crippen MR) is 86.1 cm³/mol. The highest BCUT2D eigenvalue weighted by molar-refractivity contribution is 6.30. The summed E-state index contributed by atoms with van der Waals surface area (Å²) in [4.78, 5) is 12.2. The van der Waals surface area contributed by atoms with E-state index in [0.29, 0.717) is 10.8 Å². The highest BCUT2D eigenvalue weighted by atomic mass is 35.5. The van der Waals surface area contributed by atoms with E-state index in [1.54, 1.807) is 19.1 Å². The van der Waals surface area contributed by atoms with Crippen molar-refractivity contribution in [2.75, 3.05) is 5.32 Å². The van der Waals surface area contributed by atoms with Gasteiger partial charge in [0.15, 0.2) is 6.10 Å². The molecule has 0 radical (unpaired) electrons. The smallest absolute Gasteiger partial charge is 0.265 e. The molecule has 0 fully saturated rings. The third-order valence-corrected chi connectivity index (χ3v) is 3.35. The normalized spacial score (nSPS) is 11.8. The van der Waals surface area contributed by atoms with E-state index in [2.05, 4.69) is 5.32 Å². The van der Waals surface area contributed by atoms with Gasteiger partial charge in [-0.1, -0.05) is 23.7 Å². The molecule has 0 saturated carbocycles. The SMILES string of the molecule is Cc1cccc(O[C@H](C)C(=O)Nc2ccc(Cl)cc2C)c1. The van der Waals surface area contributed by atoms with Crippen molar-refractivity contribution in [3.05, 3.63) is 58.6 Å². The minimum Gasteiger partial charge on any atom is -0.481 e. The molecular weight excluding hydrogens is 286 g/mol. The molecular formula is C17H18ClNO2. The fourth-order valence-corrected chi connectivity index (χ4v) is 2.17. The number of hydrogen-bond acceptors (Lipinski definition) is 2. The molecule has 2 rings (SSSR count). The van der Waals surface area contributed by atoms with Crippen LogP contribution in [0.1, 0.15) is 18.1 Å². The number of halogens is 1. The Bertz CT molecular complexity index is 655. The molecule has 1 amide bonds. The molecule has 0 aliphatic carbocycles. The molecule has 0 spiro atoms. The minimum absolute atomic E-state index is 0.193. The van der Waals surface area contributed by atoms with Gasteiger partial charge in [-0.25, -0.2) is 0 Å². The van der Waals surface area contributed by atoms with Crippen molar-refractivity contribution in [2.45, 2.75) is 26.9 Å². The maximum absolute atomic E-state index is 12.2. The molecule has 0 saturated heterocycles. The standard InChI is InChI=1S/C17H18ClNO2/c1-11-5-4-6-15(9-11)21-13(3)17(20)19-16-8-7-14(18)10-12(16)2/h4-10,13H,1-3H3,(H,19,20)/t13-/m1/s1. The molecule has 0 unspecified atom stereocenters. The predicted octanol–water partition coefficient (Wildman–Crippen LogP) is 4.36. The molecule has 3 nitrogen and oxygen atoms in total. The van der Waals surface area contributed by atoms with Crippen LogP contribution < -0.4 is 10.1 Å². The first-order valence-electron chi connectivity index (χ1n) is 6.76. The zero-order valence-electron chi connectivity index (χ0n) is 12.3. The summed E-state index contributed by atoms with van der Waals surface area (Å²) in [6, 6.07) is 13.0. The van der Waals surface area contributed by atoms with Crippen molar-refractivity contribution in [2.24, 2.45) is 0 Å². The Morgan fingerprint density at radius 1 is 1.19 bits per heavy atom. The molecule has 110 valence electrons. The lowest BCUT2D eigenvalue weighted by Crippen LogP contribution is -2.30. The van der Waals surface area contributed by atoms with Crippen LogP contribution in [0.4, 0.5) is 5.69 Å². The van der Waals surface area contributed by atoms with Crippen molar-refractivity contribution in [3.8, 4) is 5.75 Å². The van der Waals surface area contributed by atoms with Crippen molar-refractivity contribution in [1.82, 2.24) is 0 Å². The molecule has 0 aromatic heterocycles. The zero-order valence-corrected chi connectivity index (χ0v) is 13.1. The quantitative estimate of drug-likeness (QED) is 0.911. The van der Waals surface area contributed by atoms with Gasteiger partial charge in [0.05, 0.1) is 0 Å². The molecule has 0 aliphatic rings. The first-order chi connectivity index (χ1) is 9.95. The van der Waals surface area contributed by atoms with Crippen LogP contribution in [0.15, 0.2) is 42.5 Å². The first-order valence-corrected chi connectivity index (χ1v) is 7.14. The van der Waals surface area contributed by atoms with Crippen LogP contribution in [-0.4, -0.2) is 12.0 Å². The van der Waals surface area contributed by atoms with E-state index in [4.69, 9.17) is 16.3 Å². The maximum atomic E-state index is 12.2. The van der Waals surface area contributed by atoms with E-state index >= 15 is 0 Å². The molecule has 1 N–H and O–H groups in total. The summed E-state index contributed by atoms with van der Waals surface area (Å²) in [5, 5.41) is 3.50. The lowest BCUT2D eigenvalue weighted by molar-refractivity contribution is -0.122. The van der Waals surface area contributed by atoms with Gasteiger partial charge < -0.3 is 10.1 Å². The molecule has 2 aromatic carbocycles. The number of benzene rings is 2. The van der Waals surface area contributed by atoms with Gasteiger partial charge >= 0.3 is 0 Å². The summed E-state index contributed by atoms with van der Waals surface area (Å²) in [7, 11) is 0. The lowest BCUT2D eigenvalue weighted by atomic mass is 10.2. The van der Waals surface area contributed by atoms with Crippen molar-refractivity contribution < 1.29 is 9.53 Å². The van der Waals surface area contributed by atoms with Crippen LogP contribution in [0.25, 0.3) is 0 Å². The summed E-state index contributed by atoms with van der Waals surface area (Å²) >= 11 is 5.90. The van der Waals surface area contributed by atoms with Crippen LogP contribution >= 0.6 is 11.6 Å². The first kappa shape index (κ1) is 15.4. The lowest BCUT2D eigenvalue weighted by Gasteiger charge is -2.16. The molecule has 1 atom stereocenters. The molecule has 0 heterocycles. The van der Waals surface area contributed by atoms with Gasteiger partial charge in [-0.2, -0.15) is 0 Å². The number of rotatable bonds is 4. The largest absolute Gasteiger partial charge is 0.481 e. The highest BCUT2D eigenvalue weighted by Crippen LogP contribution is 2.20. The van der Waals surface area contributed by atoms with Gasteiger partial charge in [-0.05, 0) is 62.2 Å². The average molecular weight is 304 g/mol. The van der Waals surface area contributed by atoms with Gasteiger partial charge in [-0.3, -0.25) is 4.79 Å². The third kappa shape index (κ3) is 4.23. The highest BCUT2D eigenvalue weighted by Gasteiger charge is 2.15. The molecule has 0 bridgehead atoms. The second-order valence-electron chi connectivity index (χ2n) is 5.03. The zero-order chi connectivity index (χ0) is 15.4. The van der Waals surface area contributed by atoms with Gasteiger partial charge in [-0.15, -0.1) is 0 Å². The van der Waals surface area contributed by atoms with Crippen molar-refractivity contribution in [3.63, 3.8) is 0 Å². The van der Waals surface area contributed by atoms with Crippen LogP contribution in [0.2, 0.25) is 5.02 Å². The summed E-state index contributed by atoms with van der Waals surface area (Å²) in [6.07, 6.45) is -0.582. The number of carbonyl (C=O) groups excluding carboxylic acids is 1. The summed E-state index contributed by atoms with van der Waals surface area (Å²) in [5.41, 5.74) is 2.75. The number of hydrogen-bond donors (Lipinski definition) is 1. The van der Waals surface area contributed by atoms with Gasteiger partial charge in [0.1, 0.15) is 5.75 Å². The maximum Gasteiger partial charge on any atom is 0.265 e. The van der Waals surface area contributed by atoms with Crippen molar-refractivity contribution in [1.29, 1.82) is 0 Å². The van der Waals surface area contributed by atoms with Crippen LogP contribution in [0.5, 0.6) is 5.75 Å². The molecule has 2 aromatic rings. The number of carbonyl (C=O) groups is 1. The molecule has 21 heavy (non-hydrogen) atoms. The van der Waals surface area contributed by atoms with E-state index in [1.807, 2.05) is 44.2 Å². The van der Waals surface area contributed by atoms with Gasteiger partial charge in [0, 0.05) is 10.7 Å². The van der Waals surface area contributed by atoms with E-state index < -0.39 is 6.10 Å². The Labute approximate surface area is 129 Å². The number of anilines is 1. The average Bonchev–Trinajstić information content (AvgIpc) is 2.41. The number of ether oxygens (including phenoxy) is 1. The second kappa shape index (κ2) is 6.64. The Balaban J connectivity index is 2.02. The Hall–Kier alpha value is -2.00. The third-order valence-electron chi connectivity index (χ3n) is 3.12. The molecule has 4 heteroatoms. The minimum atomic E-state index is -0.582. The summed E-state index contributed by atoms with van der Waals surface area (Å²) in [5.74, 6) is 0.493. The van der Waals surface area contributed by atoms with Crippen LogP contribution in [-0.2, 0) is 4.79 Å². The van der Waals surface area contributed by atoms with E-state index in [0.717, 1.165) is 16.8 Å². The number of amides is 1. The summed E-state index contributed by atoms with van der Waals surface area (Å²) in [6.45, 7) is 5.60. The van der Waals surface area contributed by atoms with Gasteiger partial charge in [0.2, 0.25) is 0 Å². The summed E-state index contributed by atoms with van der Waals surface area (Å²) < 4.78 is 5.65. The van der Waals surface area contributed by atoms with Crippen LogP contribution in [0.3, 0.4) is 0 Å². The monoisotopic (exact) mass is 303 g/mol. The Morgan fingerprint density at radius 2 is 1.95 bits per heavy atom. The molecule has 0 aliphatic heterocycles. The topological polar surface area (TPSA) is 38.3 Å². The van der Waals surface area contributed by atoms with E-state index in [9.17, 15) is 4.79 Å². The second-order valence-corrected chi connectivity index (χ2v) is 5.46. The van der Waals surface area contributed by atoms with Crippen LogP contribution in [0, 0.1) is 13.8 Å². The van der Waals surface area contributed by atoms with Crippen molar-refractivity contribution >= 4 is 23.2 Å². The Kier molecular flexibility index (Phi) is 4.86. The Morgan fingerprint density at radius 3 is 2.62 bits per heavy atom. The fraction of sp³-hybridized carbons (Fsp3) is 0.235. The van der Waals surface area contributed by atoms with E-state index in [1.165, 1.54) is 0 Å².